The van der Waals surface area contributed by atoms with Crippen molar-refractivity contribution in [3.8, 4) is 5.75 Å². The molecule has 5 nitrogen and oxygen atoms in total. The summed E-state index contributed by atoms with van der Waals surface area (Å²) in [5.74, 6) is 0.391. The number of carbonyl (C=O) groups excluding carboxylic acids is 1. The maximum absolute atomic E-state index is 13.9. The minimum absolute atomic E-state index is 0.187. The van der Waals surface area contributed by atoms with Crippen LogP contribution >= 0.6 is 15.9 Å². The van der Waals surface area contributed by atoms with E-state index in [0.717, 1.165) is 51.5 Å². The van der Waals surface area contributed by atoms with Crippen molar-refractivity contribution < 1.29 is 13.9 Å². The van der Waals surface area contributed by atoms with Crippen molar-refractivity contribution in [2.24, 2.45) is 0 Å². The number of hydrogen-bond acceptors (Lipinski definition) is 4. The first-order chi connectivity index (χ1) is 13.6. The van der Waals surface area contributed by atoms with Gasteiger partial charge in [-0.2, -0.15) is 0 Å². The Kier molecular flexibility index (Phi) is 5.94. The molecule has 1 N–H and O–H groups in total. The van der Waals surface area contributed by atoms with Crippen LogP contribution < -0.4 is 10.1 Å². The summed E-state index contributed by atoms with van der Waals surface area (Å²) >= 11 is 3.21. The molecule has 0 atom stereocenters. The van der Waals surface area contributed by atoms with Gasteiger partial charge in [0.15, 0.2) is 0 Å². The van der Waals surface area contributed by atoms with Crippen molar-refractivity contribution >= 4 is 27.5 Å². The van der Waals surface area contributed by atoms with Gasteiger partial charge in [0.2, 0.25) is 5.91 Å². The zero-order valence-corrected chi connectivity index (χ0v) is 17.2. The maximum atomic E-state index is 13.9. The molecular formula is C21H23BrFN3O2. The van der Waals surface area contributed by atoms with Crippen LogP contribution in [-0.4, -0.2) is 55.0 Å². The molecule has 2 aliphatic heterocycles. The molecule has 28 heavy (non-hydrogen) atoms. The molecule has 0 radical (unpaired) electrons. The van der Waals surface area contributed by atoms with Crippen LogP contribution in [0.15, 0.2) is 40.9 Å². The molecular weight excluding hydrogens is 425 g/mol. The number of piperazine rings is 1. The number of hydrogen-bond donors (Lipinski definition) is 1. The van der Waals surface area contributed by atoms with Crippen molar-refractivity contribution in [2.45, 2.75) is 13.0 Å². The lowest BCUT2D eigenvalue weighted by Gasteiger charge is -2.34. The van der Waals surface area contributed by atoms with Crippen molar-refractivity contribution in [1.29, 1.82) is 0 Å². The van der Waals surface area contributed by atoms with Crippen LogP contribution in [0.3, 0.4) is 0 Å². The first-order valence-electron chi connectivity index (χ1n) is 9.51. The predicted octanol–water partition coefficient (Wildman–Crippen LogP) is 3.28. The largest absolute Gasteiger partial charge is 0.493 e. The van der Waals surface area contributed by atoms with Crippen LogP contribution in [-0.2, 0) is 17.8 Å². The van der Waals surface area contributed by atoms with Gasteiger partial charge in [0.1, 0.15) is 11.6 Å². The summed E-state index contributed by atoms with van der Waals surface area (Å²) in [7, 11) is 0. The smallest absolute Gasteiger partial charge is 0.238 e. The fraction of sp³-hybridized carbons (Fsp3) is 0.381. The topological polar surface area (TPSA) is 44.8 Å². The van der Waals surface area contributed by atoms with Crippen molar-refractivity contribution in [1.82, 2.24) is 9.80 Å². The highest BCUT2D eigenvalue weighted by Crippen LogP contribution is 2.26. The number of nitrogens with zero attached hydrogens (tertiary/aromatic N) is 2. The monoisotopic (exact) mass is 447 g/mol. The Bertz CT molecular complexity index is 869. The standard InChI is InChI=1S/C21H23BrFN3O2/c22-17-2-3-19(18(23)12-17)24-21(27)14-26-8-6-25(7-9-26)13-15-1-4-20-16(11-15)5-10-28-20/h1-4,11-12H,5-10,13-14H2,(H,24,27). The average Bonchev–Trinajstić information content (AvgIpc) is 3.13. The molecule has 2 aromatic carbocycles. The van der Waals surface area contributed by atoms with Gasteiger partial charge >= 0.3 is 0 Å². The first kappa shape index (κ1) is 19.4. The molecule has 7 heteroatoms. The third-order valence-corrected chi connectivity index (χ3v) is 5.69. The fourth-order valence-electron chi connectivity index (χ4n) is 3.69. The Morgan fingerprint density at radius 1 is 1.11 bits per heavy atom. The third kappa shape index (κ3) is 4.71. The SMILES string of the molecule is O=C(CN1CCN(Cc2ccc3c(c2)CCO3)CC1)Nc1ccc(Br)cc1F. The van der Waals surface area contributed by atoms with E-state index in [-0.39, 0.29) is 18.1 Å². The summed E-state index contributed by atoms with van der Waals surface area (Å²) < 4.78 is 20.1. The first-order valence-corrected chi connectivity index (χ1v) is 10.3. The molecule has 1 amide bonds. The third-order valence-electron chi connectivity index (χ3n) is 5.20. The van der Waals surface area contributed by atoms with E-state index in [4.69, 9.17) is 4.74 Å². The molecule has 0 unspecified atom stereocenters. The van der Waals surface area contributed by atoms with E-state index < -0.39 is 5.82 Å². The van der Waals surface area contributed by atoms with Crippen LogP contribution in [0.4, 0.5) is 10.1 Å². The fourth-order valence-corrected chi connectivity index (χ4v) is 4.02. The number of nitrogens with one attached hydrogen (secondary N) is 1. The predicted molar refractivity (Wildman–Crippen MR) is 110 cm³/mol. The van der Waals surface area contributed by atoms with E-state index in [1.165, 1.54) is 17.2 Å². The van der Waals surface area contributed by atoms with Crippen LogP contribution in [0.2, 0.25) is 0 Å². The number of carbonyl (C=O) groups is 1. The normalized spacial score (nSPS) is 17.2. The zero-order valence-electron chi connectivity index (χ0n) is 15.6. The van der Waals surface area contributed by atoms with E-state index in [1.807, 2.05) is 0 Å². The molecule has 2 heterocycles. The number of halogens is 2. The van der Waals surface area contributed by atoms with Gasteiger partial charge in [0.05, 0.1) is 18.8 Å². The average molecular weight is 448 g/mol. The van der Waals surface area contributed by atoms with E-state index in [1.54, 1.807) is 12.1 Å². The second-order valence-electron chi connectivity index (χ2n) is 7.27. The van der Waals surface area contributed by atoms with E-state index >= 15 is 0 Å². The quantitative estimate of drug-likeness (QED) is 0.763. The Labute approximate surface area is 172 Å². The summed E-state index contributed by atoms with van der Waals surface area (Å²) in [5.41, 5.74) is 2.82. The van der Waals surface area contributed by atoms with Crippen LogP contribution in [0.1, 0.15) is 11.1 Å². The van der Waals surface area contributed by atoms with Gasteiger partial charge in [-0.05, 0) is 35.4 Å². The molecule has 0 bridgehead atoms. The Balaban J connectivity index is 1.24. The number of benzene rings is 2. The number of anilines is 1. The Hall–Kier alpha value is -1.96. The second kappa shape index (κ2) is 8.59. The van der Waals surface area contributed by atoms with Crippen molar-refractivity contribution in [3.05, 3.63) is 57.8 Å². The van der Waals surface area contributed by atoms with Gasteiger partial charge in [0, 0.05) is 43.6 Å². The molecule has 1 saturated heterocycles. The maximum Gasteiger partial charge on any atom is 0.238 e. The lowest BCUT2D eigenvalue weighted by molar-refractivity contribution is -0.117. The lowest BCUT2D eigenvalue weighted by Crippen LogP contribution is -2.48. The van der Waals surface area contributed by atoms with Gasteiger partial charge in [-0.1, -0.05) is 28.1 Å². The molecule has 0 spiro atoms. The van der Waals surface area contributed by atoms with Crippen LogP contribution in [0, 0.1) is 5.82 Å². The molecule has 4 rings (SSSR count). The highest BCUT2D eigenvalue weighted by atomic mass is 79.9. The van der Waals surface area contributed by atoms with Gasteiger partial charge < -0.3 is 10.1 Å². The summed E-state index contributed by atoms with van der Waals surface area (Å²) in [5, 5.41) is 2.66. The van der Waals surface area contributed by atoms with Crippen molar-refractivity contribution in [3.63, 3.8) is 0 Å². The van der Waals surface area contributed by atoms with Crippen LogP contribution in [0.5, 0.6) is 5.75 Å². The highest BCUT2D eigenvalue weighted by molar-refractivity contribution is 9.10. The van der Waals surface area contributed by atoms with Gasteiger partial charge in [-0.15, -0.1) is 0 Å². The summed E-state index contributed by atoms with van der Waals surface area (Å²) in [4.78, 5) is 16.8. The van der Waals surface area contributed by atoms with E-state index in [0.29, 0.717) is 4.47 Å². The summed E-state index contributed by atoms with van der Waals surface area (Å²) in [6.07, 6.45) is 0.991. The number of rotatable bonds is 5. The van der Waals surface area contributed by atoms with E-state index in [2.05, 4.69) is 49.2 Å². The minimum atomic E-state index is -0.438. The minimum Gasteiger partial charge on any atom is -0.493 e. The summed E-state index contributed by atoms with van der Waals surface area (Å²) in [6, 6.07) is 11.1. The second-order valence-corrected chi connectivity index (χ2v) is 8.18. The molecule has 1 fully saturated rings. The van der Waals surface area contributed by atoms with Gasteiger partial charge in [-0.3, -0.25) is 14.6 Å². The molecule has 0 saturated carbocycles. The molecule has 0 aromatic heterocycles. The molecule has 2 aromatic rings. The molecule has 0 aliphatic carbocycles. The van der Waals surface area contributed by atoms with E-state index in [9.17, 15) is 9.18 Å². The lowest BCUT2D eigenvalue weighted by atomic mass is 10.1. The number of ether oxygens (including phenoxy) is 1. The van der Waals surface area contributed by atoms with Gasteiger partial charge in [-0.25, -0.2) is 4.39 Å². The highest BCUT2D eigenvalue weighted by Gasteiger charge is 2.20. The molecule has 2 aliphatic rings. The Morgan fingerprint density at radius 2 is 1.89 bits per heavy atom. The number of amides is 1. The van der Waals surface area contributed by atoms with Crippen LogP contribution in [0.25, 0.3) is 0 Å². The summed E-state index contributed by atoms with van der Waals surface area (Å²) in [6.45, 7) is 5.44. The molecule has 148 valence electrons. The van der Waals surface area contributed by atoms with Gasteiger partial charge in [0.25, 0.3) is 0 Å². The number of fused-ring (bicyclic) bond motifs is 1. The Morgan fingerprint density at radius 3 is 2.68 bits per heavy atom. The zero-order chi connectivity index (χ0) is 19.5. The van der Waals surface area contributed by atoms with Crippen molar-refractivity contribution in [2.75, 3.05) is 44.6 Å².